The summed E-state index contributed by atoms with van der Waals surface area (Å²) in [5.74, 6) is 1.61. The lowest BCUT2D eigenvalue weighted by Gasteiger charge is -2.26. The Kier molecular flexibility index (Phi) is 5.16. The van der Waals surface area contributed by atoms with Crippen LogP contribution in [-0.2, 0) is 0 Å². The molecule has 1 aliphatic rings. The van der Waals surface area contributed by atoms with Crippen LogP contribution in [0.1, 0.15) is 25.7 Å². The molecule has 3 aromatic heterocycles. The molecule has 0 spiro atoms. The Morgan fingerprint density at radius 2 is 1.73 bits per heavy atom. The minimum Gasteiger partial charge on any atom is -0.393 e. The number of fused-ring (bicyclic) bond motifs is 2. The molecule has 0 aliphatic heterocycles. The second-order valence-electron chi connectivity index (χ2n) is 8.56. The van der Waals surface area contributed by atoms with Crippen LogP contribution in [0, 0.1) is 0 Å². The van der Waals surface area contributed by atoms with E-state index in [1.165, 1.54) is 0 Å². The summed E-state index contributed by atoms with van der Waals surface area (Å²) in [5.41, 5.74) is 4.29. The van der Waals surface area contributed by atoms with Crippen molar-refractivity contribution in [2.75, 3.05) is 10.6 Å². The molecule has 33 heavy (non-hydrogen) atoms. The zero-order chi connectivity index (χ0) is 22.2. The van der Waals surface area contributed by atoms with E-state index in [4.69, 9.17) is 9.97 Å². The number of aliphatic hydroxyl groups excluding tert-OH is 1. The van der Waals surface area contributed by atoms with E-state index < -0.39 is 0 Å². The summed E-state index contributed by atoms with van der Waals surface area (Å²) < 4.78 is 1.12. The summed E-state index contributed by atoms with van der Waals surface area (Å²) in [6.45, 7) is 0. The third-order valence-electron chi connectivity index (χ3n) is 6.20. The molecule has 1 saturated carbocycles. The molecule has 4 N–H and O–H groups in total. The maximum absolute atomic E-state index is 9.71. The predicted octanol–water partition coefficient (Wildman–Crippen LogP) is 5.69. The first-order chi connectivity index (χ1) is 16.2. The highest BCUT2D eigenvalue weighted by molar-refractivity contribution is 7.22. The van der Waals surface area contributed by atoms with Crippen molar-refractivity contribution in [3.05, 3.63) is 60.8 Å². The van der Waals surface area contributed by atoms with Gasteiger partial charge in [-0.1, -0.05) is 35.6 Å². The Hall–Kier alpha value is -3.49. The number of hydrogen-bond acceptors (Lipinski definition) is 7. The molecular formula is C25H24N6OS. The van der Waals surface area contributed by atoms with E-state index in [2.05, 4.69) is 57.2 Å². The first kappa shape index (κ1) is 20.1. The van der Waals surface area contributed by atoms with Gasteiger partial charge in [0, 0.05) is 11.4 Å². The normalized spacial score (nSPS) is 18.6. The van der Waals surface area contributed by atoms with Crippen LogP contribution in [-0.4, -0.2) is 37.4 Å². The maximum atomic E-state index is 9.71. The quantitative estimate of drug-likeness (QED) is 0.271. The van der Waals surface area contributed by atoms with Crippen molar-refractivity contribution in [3.8, 4) is 11.1 Å². The van der Waals surface area contributed by atoms with Gasteiger partial charge in [-0.05, 0) is 67.1 Å². The largest absolute Gasteiger partial charge is 0.393 e. The molecule has 166 valence electrons. The summed E-state index contributed by atoms with van der Waals surface area (Å²) in [6.07, 6.45) is 5.30. The van der Waals surface area contributed by atoms with Gasteiger partial charge >= 0.3 is 0 Å². The van der Waals surface area contributed by atoms with Crippen molar-refractivity contribution in [3.63, 3.8) is 0 Å². The van der Waals surface area contributed by atoms with Crippen LogP contribution in [0.4, 0.5) is 16.8 Å². The molecule has 6 rings (SSSR count). The van der Waals surface area contributed by atoms with Crippen molar-refractivity contribution >= 4 is 49.2 Å². The number of H-pyrrole nitrogens is 1. The lowest BCUT2D eigenvalue weighted by atomic mass is 9.93. The summed E-state index contributed by atoms with van der Waals surface area (Å²) in [6, 6.07) is 19.0. The molecule has 0 bridgehead atoms. The van der Waals surface area contributed by atoms with Crippen molar-refractivity contribution in [2.45, 2.75) is 37.8 Å². The van der Waals surface area contributed by atoms with Gasteiger partial charge in [-0.15, -0.1) is 0 Å². The Balaban J connectivity index is 1.20. The molecule has 0 atom stereocenters. The standard InChI is InChI=1S/C25H24N6OS/c32-19-9-7-18(8-10-19)27-23-2-1-3-24(29-23)30-25-28-20-11-6-16(13-22(20)33-25)15-4-5-17-14-26-31-21(17)12-15/h1-6,11-14,18-19,32H,7-10H2,(H,26,31)(H2,27,28,29,30)/t18-,19-. The Morgan fingerprint density at radius 3 is 2.64 bits per heavy atom. The van der Waals surface area contributed by atoms with Gasteiger partial charge in [-0.3, -0.25) is 5.10 Å². The average Bonchev–Trinajstić information content (AvgIpc) is 3.46. The third-order valence-corrected chi connectivity index (χ3v) is 7.13. The molecule has 1 aliphatic carbocycles. The van der Waals surface area contributed by atoms with Gasteiger partial charge in [-0.25, -0.2) is 9.97 Å². The zero-order valence-electron chi connectivity index (χ0n) is 18.0. The molecule has 7 nitrogen and oxygen atoms in total. The lowest BCUT2D eigenvalue weighted by Crippen LogP contribution is -2.28. The van der Waals surface area contributed by atoms with Gasteiger partial charge in [0.1, 0.15) is 11.6 Å². The second kappa shape index (κ2) is 8.46. The van der Waals surface area contributed by atoms with Gasteiger partial charge in [0.2, 0.25) is 0 Å². The van der Waals surface area contributed by atoms with E-state index in [1.54, 1.807) is 11.3 Å². The summed E-state index contributed by atoms with van der Waals surface area (Å²) in [7, 11) is 0. The van der Waals surface area contributed by atoms with Crippen LogP contribution in [0.25, 0.3) is 32.2 Å². The van der Waals surface area contributed by atoms with Crippen molar-refractivity contribution in [1.82, 2.24) is 20.2 Å². The number of nitrogens with one attached hydrogen (secondary N) is 3. The lowest BCUT2D eigenvalue weighted by molar-refractivity contribution is 0.126. The van der Waals surface area contributed by atoms with Gasteiger partial charge < -0.3 is 15.7 Å². The van der Waals surface area contributed by atoms with Crippen LogP contribution in [0.5, 0.6) is 0 Å². The predicted molar refractivity (Wildman–Crippen MR) is 134 cm³/mol. The van der Waals surface area contributed by atoms with E-state index in [9.17, 15) is 5.11 Å². The van der Waals surface area contributed by atoms with Crippen molar-refractivity contribution in [2.24, 2.45) is 0 Å². The van der Waals surface area contributed by atoms with E-state index >= 15 is 0 Å². The fourth-order valence-corrected chi connectivity index (χ4v) is 5.31. The third kappa shape index (κ3) is 4.27. The molecule has 2 aromatic carbocycles. The van der Waals surface area contributed by atoms with E-state index in [-0.39, 0.29) is 6.10 Å². The van der Waals surface area contributed by atoms with Crippen LogP contribution in [0.15, 0.2) is 60.8 Å². The molecule has 0 radical (unpaired) electrons. The summed E-state index contributed by atoms with van der Waals surface area (Å²) in [4.78, 5) is 9.45. The molecule has 5 aromatic rings. The highest BCUT2D eigenvalue weighted by atomic mass is 32.1. The fraction of sp³-hybridized carbons (Fsp3) is 0.240. The van der Waals surface area contributed by atoms with Crippen LogP contribution in [0.2, 0.25) is 0 Å². The summed E-state index contributed by atoms with van der Waals surface area (Å²) >= 11 is 1.62. The van der Waals surface area contributed by atoms with Gasteiger partial charge in [0.15, 0.2) is 5.13 Å². The smallest absolute Gasteiger partial charge is 0.189 e. The first-order valence-electron chi connectivity index (χ1n) is 11.2. The van der Waals surface area contributed by atoms with Crippen molar-refractivity contribution in [1.29, 1.82) is 0 Å². The van der Waals surface area contributed by atoms with Crippen LogP contribution < -0.4 is 10.6 Å². The number of nitrogens with zero attached hydrogens (tertiary/aromatic N) is 3. The molecule has 3 heterocycles. The van der Waals surface area contributed by atoms with Gasteiger partial charge in [0.25, 0.3) is 0 Å². The molecule has 0 saturated heterocycles. The minimum atomic E-state index is -0.156. The first-order valence-corrected chi connectivity index (χ1v) is 12.0. The number of aromatic nitrogens is 4. The van der Waals surface area contributed by atoms with Gasteiger partial charge in [0.05, 0.1) is 28.0 Å². The number of benzene rings is 2. The number of thiazole rings is 1. The number of aliphatic hydroxyl groups is 1. The number of hydrogen-bond donors (Lipinski definition) is 4. The molecule has 0 unspecified atom stereocenters. The molecule has 8 heteroatoms. The van der Waals surface area contributed by atoms with Crippen molar-refractivity contribution < 1.29 is 5.11 Å². The number of rotatable bonds is 5. The monoisotopic (exact) mass is 456 g/mol. The molecule has 0 amide bonds. The number of anilines is 3. The fourth-order valence-electron chi connectivity index (χ4n) is 4.40. The highest BCUT2D eigenvalue weighted by Crippen LogP contribution is 2.33. The second-order valence-corrected chi connectivity index (χ2v) is 9.59. The van der Waals surface area contributed by atoms with Gasteiger partial charge in [-0.2, -0.15) is 5.10 Å². The number of pyridine rings is 1. The van der Waals surface area contributed by atoms with E-state index in [1.807, 2.05) is 24.4 Å². The highest BCUT2D eigenvalue weighted by Gasteiger charge is 2.19. The maximum Gasteiger partial charge on any atom is 0.189 e. The molecule has 1 fully saturated rings. The topological polar surface area (TPSA) is 98.7 Å². The summed E-state index contributed by atoms with van der Waals surface area (Å²) in [5, 5.41) is 25.6. The Labute approximate surface area is 194 Å². The SMILES string of the molecule is O[C@H]1CC[C@H](Nc2cccc(Nc3nc4ccc(-c5ccc6cn[nH]c6c5)cc4s3)n2)CC1. The minimum absolute atomic E-state index is 0.156. The Bertz CT molecular complexity index is 1420. The van der Waals surface area contributed by atoms with E-state index in [0.717, 1.165) is 74.7 Å². The zero-order valence-corrected chi connectivity index (χ0v) is 18.8. The van der Waals surface area contributed by atoms with E-state index in [0.29, 0.717) is 6.04 Å². The van der Waals surface area contributed by atoms with Crippen LogP contribution >= 0.6 is 11.3 Å². The average molecular weight is 457 g/mol. The molecular weight excluding hydrogens is 432 g/mol. The Morgan fingerprint density at radius 1 is 0.909 bits per heavy atom. The number of aromatic amines is 1. The van der Waals surface area contributed by atoms with Crippen LogP contribution in [0.3, 0.4) is 0 Å².